The second-order valence-electron chi connectivity index (χ2n) is 33.5. The number of nitrogens with one attached hydrogen (secondary N) is 10. The minimum Gasteiger partial charge on any atom is -0.508 e. The molecule has 22 N–H and O–H groups in total. The number of aliphatic hydroxyl groups excluding tert-OH is 8. The summed E-state index contributed by atoms with van der Waals surface area (Å²) in [7, 11) is 0. The number of amides is 9. The number of carbonyl (C=O) groups is 9. The molecule has 8 heterocycles. The zero-order chi connectivity index (χ0) is 95.5. The van der Waals surface area contributed by atoms with Crippen molar-refractivity contribution in [3.63, 3.8) is 0 Å². The van der Waals surface area contributed by atoms with Gasteiger partial charge in [-0.15, -0.1) is 0 Å². The first kappa shape index (κ1) is 97.2. The maximum atomic E-state index is 16.9. The molecule has 0 saturated carbocycles. The molecule has 2 fully saturated rings. The van der Waals surface area contributed by atoms with Gasteiger partial charge in [-0.25, -0.2) is 4.79 Å². The number of carbonyl (C=O) groups excluding carboxylic acids is 9. The van der Waals surface area contributed by atoms with E-state index in [-0.39, 0.29) is 101 Å². The number of phenolic OH excluding ortho intramolecular Hbond substituents is 4. The van der Waals surface area contributed by atoms with Gasteiger partial charge in [0.05, 0.1) is 29.9 Å². The van der Waals surface area contributed by atoms with E-state index in [0.717, 1.165) is 86.0 Å². The highest BCUT2D eigenvalue weighted by molar-refractivity contribution is 6.32. The van der Waals surface area contributed by atoms with Crippen LogP contribution in [0, 0.1) is 5.92 Å². The molecule has 39 nitrogen and oxygen atoms in total. The Morgan fingerprint density at radius 3 is 1.73 bits per heavy atom. The van der Waals surface area contributed by atoms with Gasteiger partial charge in [0.15, 0.2) is 23.0 Å². The van der Waals surface area contributed by atoms with Gasteiger partial charge in [-0.05, 0) is 149 Å². The van der Waals surface area contributed by atoms with Gasteiger partial charge >= 0.3 is 6.09 Å². The van der Waals surface area contributed by atoms with Gasteiger partial charge in [-0.1, -0.05) is 117 Å². The van der Waals surface area contributed by atoms with Crippen LogP contribution in [0.25, 0.3) is 11.1 Å². The van der Waals surface area contributed by atoms with E-state index in [4.69, 9.17) is 61.1 Å². The Labute approximate surface area is 775 Å². The number of aliphatic hydroxyl groups is 8. The van der Waals surface area contributed by atoms with Crippen LogP contribution in [0.1, 0.15) is 134 Å². The fourth-order valence-corrected chi connectivity index (χ4v) is 16.8. The number of aromatic hydroxyl groups is 4. The molecule has 0 unspecified atom stereocenters. The van der Waals surface area contributed by atoms with Crippen LogP contribution in [0.2, 0.25) is 10.0 Å². The molecular weight excluding hydrogens is 1790 g/mol. The average molecular weight is 1890 g/mol. The van der Waals surface area contributed by atoms with Crippen LogP contribution in [0.4, 0.5) is 4.79 Å². The van der Waals surface area contributed by atoms with E-state index in [9.17, 15) is 70.9 Å². The molecule has 0 spiro atoms. The van der Waals surface area contributed by atoms with Gasteiger partial charge in [0.25, 0.3) is 0 Å². The third-order valence-electron chi connectivity index (χ3n) is 23.3. The summed E-state index contributed by atoms with van der Waals surface area (Å²) in [6.07, 6.45) is -15.9. The minimum atomic E-state index is -2.41. The standard InChI is InChI=1S/C93H102Cl2N10O29/c1-43(2)11-6-3-4-9-14-70(113)100-77-80(116)78(114)68(40-107)132-91(77)134-83-66-35-50-36-67(83)130-63-22-16-46(28-57(63)95)30-59-85(120)104-76(86(121)97-24-10-23-96-25-26-106)55-38-52(110)39-65(131-92-82(118)81(117)79(115)69(41-108)133-92)71(55)54-33-47(17-19-60(54)111)72(87(122)98-59)102-90(125)75(50)103-89(124)74-49-31-51(109)37-53(32-49)128-64-34-48(18-20-61(64)112)73(105-93(126)127-42-44-12-7-5-8-13-44)88(123)99-58(84(119)101-74)29-45-15-21-62(129-66)56(94)27-45/h5,7-8,12-13,15-22,27-28,31-39,43,58-59,68-69,72-82,91-92,96,106-112,114-118H,3-4,6,9-11,14,23-26,29-30,40-42H2,1-2H3,(H,97,121)(H,98,122)(H,99,123)(H,100,113)(H,101,119)(H,102,125)(H,103,124)(H,104,120)(H,105,126)/t58-,59+,68-,69-,72-,73+,74+,75-,76+,77-,78-,79-,80-,81+,82+,91+,92+/m1/s1. The topological polar surface area (TPSA) is 591 Å². The molecule has 17 atom stereocenters. The van der Waals surface area contributed by atoms with Crippen LogP contribution in [0.5, 0.6) is 69.0 Å². The molecule has 8 aromatic rings. The molecule has 16 rings (SSSR count). The summed E-state index contributed by atoms with van der Waals surface area (Å²) in [5.74, 6) is -15.3. The summed E-state index contributed by atoms with van der Waals surface area (Å²) in [6, 6.07) is 14.4. The predicted octanol–water partition coefficient (Wildman–Crippen LogP) is 4.53. The number of phenols is 4. The first-order chi connectivity index (χ1) is 64.3. The lowest BCUT2D eigenvalue weighted by atomic mass is 9.89. The van der Waals surface area contributed by atoms with Gasteiger partial charge < -0.3 is 152 Å². The highest BCUT2D eigenvalue weighted by Crippen LogP contribution is 2.51. The quantitative estimate of drug-likeness (QED) is 0.0369. The normalized spacial score (nSPS) is 24.5. The first-order valence-corrected chi connectivity index (χ1v) is 44.2. The largest absolute Gasteiger partial charge is 0.508 e. The number of alkyl carbamates (subject to hydrolysis) is 1. The maximum absolute atomic E-state index is 16.9. The zero-order valence-corrected chi connectivity index (χ0v) is 73.6. The summed E-state index contributed by atoms with van der Waals surface area (Å²) in [5, 5.41) is 162. The van der Waals surface area contributed by atoms with Crippen molar-refractivity contribution >= 4 is 76.6 Å². The van der Waals surface area contributed by atoms with Crippen molar-refractivity contribution in [1.82, 2.24) is 53.2 Å². The number of hydrogen-bond donors (Lipinski definition) is 22. The number of unbranched alkanes of at least 4 members (excludes halogenated alkanes) is 3. The lowest BCUT2D eigenvalue weighted by Gasteiger charge is -2.42. The van der Waals surface area contributed by atoms with Crippen molar-refractivity contribution in [2.75, 3.05) is 39.5 Å². The monoisotopic (exact) mass is 1890 g/mol. The lowest BCUT2D eigenvalue weighted by Crippen LogP contribution is -2.65. The highest BCUT2D eigenvalue weighted by Gasteiger charge is 2.50. The van der Waals surface area contributed by atoms with E-state index in [1.54, 1.807) is 30.3 Å². The van der Waals surface area contributed by atoms with E-state index in [1.807, 2.05) is 0 Å². The van der Waals surface area contributed by atoms with Gasteiger partial charge in [-0.2, -0.15) is 0 Å². The Balaban J connectivity index is 0.975. The minimum absolute atomic E-state index is 0.0689. The smallest absolute Gasteiger partial charge is 0.408 e. The third-order valence-corrected chi connectivity index (χ3v) is 23.9. The third kappa shape index (κ3) is 23.0. The van der Waals surface area contributed by atoms with Crippen molar-refractivity contribution in [2.24, 2.45) is 5.92 Å². The van der Waals surface area contributed by atoms with Gasteiger partial charge in [0.1, 0.15) is 138 Å². The summed E-state index contributed by atoms with van der Waals surface area (Å²) in [6.45, 7) is 2.05. The van der Waals surface area contributed by atoms with Crippen LogP contribution >= 0.6 is 23.2 Å². The van der Waals surface area contributed by atoms with E-state index in [2.05, 4.69) is 67.0 Å². The number of halogens is 2. The Morgan fingerprint density at radius 2 is 1.08 bits per heavy atom. The van der Waals surface area contributed by atoms with Gasteiger partial charge in [0.2, 0.25) is 65.6 Å². The highest BCUT2D eigenvalue weighted by atomic mass is 35.5. The molecule has 134 heavy (non-hydrogen) atoms. The van der Waals surface area contributed by atoms with Crippen LogP contribution in [-0.4, -0.2) is 228 Å². The Morgan fingerprint density at radius 1 is 0.500 bits per heavy atom. The molecule has 9 amide bonds. The fraction of sp³-hybridized carbons (Fsp3) is 0.387. The molecule has 17 bridgehead atoms. The maximum Gasteiger partial charge on any atom is 0.408 e. The molecule has 0 aromatic heterocycles. The molecule has 41 heteroatoms. The zero-order valence-electron chi connectivity index (χ0n) is 72.1. The SMILES string of the molecule is CC(C)CCCCCCC(=O)N[C@H]1[C@H](Oc2c3cc4cc2Oc2ccc(cc2Cl)C[C@H]2NC(=O)[C@@H](NC(=O)OCc5ccccc5)c5ccc(O)c(c5)Oc5cc(O)cc(c5)[C@H](NC2=O)C(=O)N[C@H]4C(=O)N[C@H]2C(=O)N[C@@H](Cc4ccc(c(Cl)c4)O3)C(=O)N[C@H](C(=O)NCCCNCCO)c3cc(O)cc(O[C@H]4O[C@H](CO)[C@@H](O)[C@H](O)[C@@H]4O)c3-c3cc2ccc3O)O[C@H](CO)[C@@H](O)[C@@H]1O. The van der Waals surface area contributed by atoms with Crippen molar-refractivity contribution in [3.05, 3.63) is 200 Å². The molecule has 8 aliphatic heterocycles. The number of ether oxygens (including phenoxy) is 8. The van der Waals surface area contributed by atoms with Crippen molar-refractivity contribution in [1.29, 1.82) is 0 Å². The Bertz CT molecular complexity index is 5680. The van der Waals surface area contributed by atoms with E-state index < -0.39 is 257 Å². The number of fused-ring (bicyclic) bond motifs is 14. The lowest BCUT2D eigenvalue weighted by molar-refractivity contribution is -0.277. The van der Waals surface area contributed by atoms with E-state index >= 15 is 33.6 Å². The second kappa shape index (κ2) is 43.4. The molecule has 712 valence electrons. The van der Waals surface area contributed by atoms with E-state index in [1.165, 1.54) is 48.5 Å². The first-order valence-electron chi connectivity index (χ1n) is 43.4. The molecule has 8 aromatic carbocycles. The second-order valence-corrected chi connectivity index (χ2v) is 34.3. The van der Waals surface area contributed by atoms with Crippen LogP contribution < -0.4 is 76.9 Å². The summed E-state index contributed by atoms with van der Waals surface area (Å²) >= 11 is 14.7. The predicted molar refractivity (Wildman–Crippen MR) is 473 cm³/mol. The molecule has 2 saturated heterocycles. The molecule has 8 aliphatic rings. The number of rotatable bonds is 24. The molecule has 0 radical (unpaired) electrons. The van der Waals surface area contributed by atoms with Crippen LogP contribution in [-0.2, 0) is 72.0 Å². The van der Waals surface area contributed by atoms with E-state index in [0.29, 0.717) is 24.3 Å². The number of hydrogen-bond acceptors (Lipinski definition) is 30. The van der Waals surface area contributed by atoms with Crippen molar-refractivity contribution < 1.29 is 142 Å². The van der Waals surface area contributed by atoms with Crippen molar-refractivity contribution in [3.8, 4) is 80.1 Å². The van der Waals surface area contributed by atoms with Crippen LogP contribution in [0.3, 0.4) is 0 Å². The summed E-state index contributed by atoms with van der Waals surface area (Å²) in [5.41, 5.74) is -1.72. The van der Waals surface area contributed by atoms with Crippen molar-refractivity contribution in [2.45, 2.75) is 182 Å². The van der Waals surface area contributed by atoms with Crippen LogP contribution in [0.15, 0.2) is 146 Å². The summed E-state index contributed by atoms with van der Waals surface area (Å²) in [4.78, 5) is 140. The Kier molecular flexibility index (Phi) is 31.5. The van der Waals surface area contributed by atoms with Gasteiger partial charge in [0, 0.05) is 55.6 Å². The average Bonchev–Trinajstić information content (AvgIpc) is 0.767. The van der Waals surface area contributed by atoms with Gasteiger partial charge in [-0.3, -0.25) is 38.4 Å². The molecular formula is C93H102Cl2N10O29. The number of benzene rings is 8. The summed E-state index contributed by atoms with van der Waals surface area (Å²) < 4.78 is 50.7. The fourth-order valence-electron chi connectivity index (χ4n) is 16.3. The molecule has 0 aliphatic carbocycles. The Hall–Kier alpha value is -12.9.